The van der Waals surface area contributed by atoms with Gasteiger partial charge in [0.1, 0.15) is 0 Å². The highest BCUT2D eigenvalue weighted by Crippen LogP contribution is 2.39. The number of benzene rings is 2. The normalized spacial score (nSPS) is 14.8. The van der Waals surface area contributed by atoms with Crippen molar-refractivity contribution in [3.05, 3.63) is 69.8 Å². The molecular weight excluding hydrogens is 424 g/mol. The average Bonchev–Trinajstić information content (AvgIpc) is 2.75. The Morgan fingerprint density at radius 2 is 1.97 bits per heavy atom. The highest BCUT2D eigenvalue weighted by Gasteiger charge is 2.30. The molecule has 3 rings (SSSR count). The Labute approximate surface area is 192 Å². The lowest BCUT2D eigenvalue weighted by Gasteiger charge is -2.43. The molecule has 2 aromatic carbocycles. The van der Waals surface area contributed by atoms with Crippen molar-refractivity contribution in [2.75, 3.05) is 17.2 Å². The highest BCUT2D eigenvalue weighted by atomic mass is 32.2. The van der Waals surface area contributed by atoms with Crippen LogP contribution in [0.5, 0.6) is 0 Å². The topological polar surface area (TPSA) is 87.8 Å². The molecule has 0 radical (unpaired) electrons. The number of anilines is 1. The number of hydrazone groups is 1. The summed E-state index contributed by atoms with van der Waals surface area (Å²) in [5.74, 6) is -0.0723. The van der Waals surface area contributed by atoms with Crippen molar-refractivity contribution in [2.45, 2.75) is 44.6 Å². The van der Waals surface area contributed by atoms with E-state index < -0.39 is 4.92 Å². The molecule has 1 aliphatic heterocycles. The van der Waals surface area contributed by atoms with Gasteiger partial charge in [-0.3, -0.25) is 14.9 Å². The number of nitro groups is 1. The Hall–Kier alpha value is -3.13. The first-order valence-corrected chi connectivity index (χ1v) is 11.5. The molecule has 0 unspecified atom stereocenters. The van der Waals surface area contributed by atoms with Gasteiger partial charge < -0.3 is 4.90 Å². The van der Waals surface area contributed by atoms with E-state index in [0.29, 0.717) is 0 Å². The monoisotopic (exact) mass is 452 g/mol. The lowest BCUT2D eigenvalue weighted by Crippen LogP contribution is -2.45. The standard InChI is InChI=1S/C24H28N4O3S/c1-5-12-27-22-11-6-18(13-21(22)17(2)14-24(27,3)4)15-25-26-23(29)16-32-20-9-7-19(8-10-20)28(30)31/h6-11,13-15H,5,12,16H2,1-4H3,(H,26,29)/b25-15-. The molecule has 1 heterocycles. The molecule has 0 saturated heterocycles. The molecule has 1 aliphatic rings. The van der Waals surface area contributed by atoms with Gasteiger partial charge in [-0.05, 0) is 62.6 Å². The number of nitrogens with zero attached hydrogens (tertiary/aromatic N) is 3. The quantitative estimate of drug-likeness (QED) is 0.256. The lowest BCUT2D eigenvalue weighted by atomic mass is 9.88. The van der Waals surface area contributed by atoms with E-state index in [1.54, 1.807) is 18.3 Å². The molecule has 0 bridgehead atoms. The first-order chi connectivity index (χ1) is 15.2. The predicted octanol–water partition coefficient (Wildman–Crippen LogP) is 5.25. The van der Waals surface area contributed by atoms with Gasteiger partial charge in [0.25, 0.3) is 5.69 Å². The number of nitrogens with one attached hydrogen (secondary N) is 1. The van der Waals surface area contributed by atoms with Crippen LogP contribution >= 0.6 is 11.8 Å². The number of nitro benzene ring substituents is 1. The molecule has 0 spiro atoms. The maximum atomic E-state index is 12.1. The molecule has 0 atom stereocenters. The molecule has 2 aromatic rings. The summed E-state index contributed by atoms with van der Waals surface area (Å²) in [7, 11) is 0. The number of carbonyl (C=O) groups excluding carboxylic acids is 1. The Balaban J connectivity index is 1.60. The van der Waals surface area contributed by atoms with Gasteiger partial charge in [-0.2, -0.15) is 5.10 Å². The first-order valence-electron chi connectivity index (χ1n) is 10.5. The zero-order valence-corrected chi connectivity index (χ0v) is 19.6. The number of amides is 1. The van der Waals surface area contributed by atoms with Crippen LogP contribution in [0, 0.1) is 10.1 Å². The summed E-state index contributed by atoms with van der Waals surface area (Å²) in [5.41, 5.74) is 7.09. The fourth-order valence-corrected chi connectivity index (χ4v) is 4.53. The number of hydrogen-bond acceptors (Lipinski definition) is 6. The molecule has 7 nitrogen and oxygen atoms in total. The van der Waals surface area contributed by atoms with E-state index in [1.807, 2.05) is 6.07 Å². The van der Waals surface area contributed by atoms with Crippen LogP contribution in [0.15, 0.2) is 58.5 Å². The van der Waals surface area contributed by atoms with Crippen LogP contribution < -0.4 is 10.3 Å². The van der Waals surface area contributed by atoms with Crippen molar-refractivity contribution >= 4 is 40.8 Å². The van der Waals surface area contributed by atoms with Gasteiger partial charge in [0, 0.05) is 34.8 Å². The third kappa shape index (κ3) is 5.56. The van der Waals surface area contributed by atoms with E-state index in [1.165, 1.54) is 40.7 Å². The minimum Gasteiger partial charge on any atom is -0.362 e. The molecule has 0 fully saturated rings. The number of thioether (sulfide) groups is 1. The molecule has 32 heavy (non-hydrogen) atoms. The molecule has 0 aromatic heterocycles. The SMILES string of the molecule is CCCN1c2ccc(/C=N\NC(=O)CSc3ccc([N+](=O)[O-])cc3)cc2C(C)=CC1(C)C. The molecule has 1 N–H and O–H groups in total. The van der Waals surface area contributed by atoms with Crippen LogP contribution in [0.25, 0.3) is 5.57 Å². The maximum Gasteiger partial charge on any atom is 0.269 e. The Morgan fingerprint density at radius 1 is 1.25 bits per heavy atom. The zero-order valence-electron chi connectivity index (χ0n) is 18.8. The molecule has 8 heteroatoms. The van der Waals surface area contributed by atoms with E-state index in [-0.39, 0.29) is 22.9 Å². The number of hydrogen-bond donors (Lipinski definition) is 1. The van der Waals surface area contributed by atoms with Gasteiger partial charge in [-0.1, -0.05) is 19.1 Å². The van der Waals surface area contributed by atoms with E-state index in [2.05, 4.69) is 61.3 Å². The third-order valence-corrected chi connectivity index (χ3v) is 6.28. The van der Waals surface area contributed by atoms with Crippen molar-refractivity contribution < 1.29 is 9.72 Å². The summed E-state index contributed by atoms with van der Waals surface area (Å²) in [4.78, 5) is 25.5. The summed E-state index contributed by atoms with van der Waals surface area (Å²) in [6.07, 6.45) is 5.01. The van der Waals surface area contributed by atoms with E-state index in [4.69, 9.17) is 0 Å². The number of allylic oxidation sites excluding steroid dienone is 1. The average molecular weight is 453 g/mol. The Bertz CT molecular complexity index is 1060. The van der Waals surface area contributed by atoms with E-state index >= 15 is 0 Å². The van der Waals surface area contributed by atoms with Crippen molar-refractivity contribution in [1.82, 2.24) is 5.43 Å². The summed E-state index contributed by atoms with van der Waals surface area (Å²) >= 11 is 1.30. The number of carbonyl (C=O) groups is 1. The van der Waals surface area contributed by atoms with Crippen LogP contribution in [-0.2, 0) is 4.79 Å². The second kappa shape index (κ2) is 9.99. The minimum atomic E-state index is -0.448. The highest BCUT2D eigenvalue weighted by molar-refractivity contribution is 8.00. The third-order valence-electron chi connectivity index (χ3n) is 5.27. The van der Waals surface area contributed by atoms with Gasteiger partial charge in [-0.25, -0.2) is 5.43 Å². The van der Waals surface area contributed by atoms with Gasteiger partial charge in [0.15, 0.2) is 0 Å². The number of fused-ring (bicyclic) bond motifs is 1. The van der Waals surface area contributed by atoms with Crippen LogP contribution in [0.2, 0.25) is 0 Å². The molecular formula is C24H28N4O3S. The van der Waals surface area contributed by atoms with Crippen molar-refractivity contribution in [3.63, 3.8) is 0 Å². The maximum absolute atomic E-state index is 12.1. The van der Waals surface area contributed by atoms with Gasteiger partial charge in [-0.15, -0.1) is 11.8 Å². The second-order valence-corrected chi connectivity index (χ2v) is 9.29. The number of rotatable bonds is 8. The van der Waals surface area contributed by atoms with Crippen LogP contribution in [0.3, 0.4) is 0 Å². The van der Waals surface area contributed by atoms with Crippen molar-refractivity contribution in [2.24, 2.45) is 5.10 Å². The van der Waals surface area contributed by atoms with Crippen LogP contribution in [0.1, 0.15) is 45.2 Å². The van der Waals surface area contributed by atoms with Crippen LogP contribution in [0.4, 0.5) is 11.4 Å². The van der Waals surface area contributed by atoms with Crippen molar-refractivity contribution in [1.29, 1.82) is 0 Å². The van der Waals surface area contributed by atoms with Crippen molar-refractivity contribution in [3.8, 4) is 0 Å². The molecule has 0 saturated carbocycles. The van der Waals surface area contributed by atoms with Gasteiger partial charge in [0.2, 0.25) is 5.91 Å². The fraction of sp³-hybridized carbons (Fsp3) is 0.333. The van der Waals surface area contributed by atoms with Gasteiger partial charge >= 0.3 is 0 Å². The van der Waals surface area contributed by atoms with Gasteiger partial charge in [0.05, 0.1) is 22.4 Å². The van der Waals surface area contributed by atoms with E-state index in [0.717, 1.165) is 23.4 Å². The summed E-state index contributed by atoms with van der Waals surface area (Å²) < 4.78 is 0. The largest absolute Gasteiger partial charge is 0.362 e. The first kappa shape index (κ1) is 23.5. The number of non-ortho nitro benzene ring substituents is 1. The fourth-order valence-electron chi connectivity index (χ4n) is 3.84. The summed E-state index contributed by atoms with van der Waals surface area (Å²) in [6, 6.07) is 12.3. The zero-order chi connectivity index (χ0) is 23.3. The molecule has 0 aliphatic carbocycles. The molecule has 168 valence electrons. The summed E-state index contributed by atoms with van der Waals surface area (Å²) in [6.45, 7) is 9.76. The summed E-state index contributed by atoms with van der Waals surface area (Å²) in [5, 5.41) is 14.8. The molecule has 1 amide bonds. The Morgan fingerprint density at radius 3 is 2.62 bits per heavy atom. The second-order valence-electron chi connectivity index (χ2n) is 8.24. The predicted molar refractivity (Wildman–Crippen MR) is 131 cm³/mol. The lowest BCUT2D eigenvalue weighted by molar-refractivity contribution is -0.384. The minimum absolute atomic E-state index is 0.0277. The Kier molecular flexibility index (Phi) is 7.35. The van der Waals surface area contributed by atoms with Crippen LogP contribution in [-0.4, -0.2) is 34.9 Å². The van der Waals surface area contributed by atoms with E-state index in [9.17, 15) is 14.9 Å². The smallest absolute Gasteiger partial charge is 0.269 e.